The number of hydrogen-bond donors (Lipinski definition) is 2. The van der Waals surface area contributed by atoms with Crippen molar-refractivity contribution in [3.63, 3.8) is 0 Å². The molecule has 26 heavy (non-hydrogen) atoms. The van der Waals surface area contributed by atoms with E-state index in [0.29, 0.717) is 0 Å². The van der Waals surface area contributed by atoms with E-state index in [1.807, 2.05) is 12.1 Å². The standard InChI is InChI=1S/C21H22N2O2.BrH/c24-21-20-18(12-7-13-19(20)25-23-21)22-14-17(15-8-3-1-4-9-15)16-10-5-2-6-11-16;/h1-6,8-11,17-18,22H,7,12-14H2,(H,23,24);1H. The van der Waals surface area contributed by atoms with Gasteiger partial charge in [0.05, 0.1) is 5.56 Å². The molecule has 2 N–H and O–H groups in total. The lowest BCUT2D eigenvalue weighted by Gasteiger charge is -2.26. The number of halogens is 1. The molecule has 0 aliphatic heterocycles. The highest BCUT2D eigenvalue weighted by molar-refractivity contribution is 8.93. The first-order chi connectivity index (χ1) is 12.3. The Morgan fingerprint density at radius 1 is 1.04 bits per heavy atom. The first-order valence-electron chi connectivity index (χ1n) is 8.83. The molecule has 1 aliphatic carbocycles. The Bertz CT molecular complexity index is 781. The summed E-state index contributed by atoms with van der Waals surface area (Å²) in [4.78, 5) is 0. The molecule has 136 valence electrons. The predicted octanol–water partition coefficient (Wildman–Crippen LogP) is 4.76. The quantitative estimate of drug-likeness (QED) is 0.631. The Hall–Kier alpha value is -2.11. The van der Waals surface area contributed by atoms with E-state index < -0.39 is 0 Å². The lowest BCUT2D eigenvalue weighted by molar-refractivity contribution is 0.336. The molecule has 1 aliphatic rings. The van der Waals surface area contributed by atoms with Gasteiger partial charge in [-0.25, -0.2) is 0 Å². The zero-order chi connectivity index (χ0) is 17.1. The van der Waals surface area contributed by atoms with Gasteiger partial charge >= 0.3 is 0 Å². The Morgan fingerprint density at radius 2 is 1.65 bits per heavy atom. The van der Waals surface area contributed by atoms with Crippen LogP contribution in [0.4, 0.5) is 0 Å². The summed E-state index contributed by atoms with van der Waals surface area (Å²) in [6.07, 6.45) is 2.88. The minimum absolute atomic E-state index is 0. The van der Waals surface area contributed by atoms with Gasteiger partial charge in [-0.1, -0.05) is 60.7 Å². The van der Waals surface area contributed by atoms with E-state index in [-0.39, 0.29) is 34.8 Å². The Morgan fingerprint density at radius 3 is 2.27 bits per heavy atom. The van der Waals surface area contributed by atoms with Crippen molar-refractivity contribution in [3.05, 3.63) is 83.1 Å². The number of rotatable bonds is 5. The van der Waals surface area contributed by atoms with E-state index >= 15 is 0 Å². The number of aromatic hydroxyl groups is 1. The first-order valence-corrected chi connectivity index (χ1v) is 8.83. The molecule has 1 heterocycles. The van der Waals surface area contributed by atoms with Crippen LogP contribution in [0.25, 0.3) is 0 Å². The second-order valence-electron chi connectivity index (χ2n) is 6.57. The highest BCUT2D eigenvalue weighted by Gasteiger charge is 2.28. The van der Waals surface area contributed by atoms with Crippen molar-refractivity contribution in [3.8, 4) is 5.88 Å². The molecule has 4 rings (SSSR count). The van der Waals surface area contributed by atoms with Gasteiger partial charge in [-0.2, -0.15) is 0 Å². The third kappa shape index (κ3) is 3.84. The van der Waals surface area contributed by atoms with Crippen molar-refractivity contribution in [2.24, 2.45) is 0 Å². The van der Waals surface area contributed by atoms with Crippen LogP contribution in [0.2, 0.25) is 0 Å². The summed E-state index contributed by atoms with van der Waals surface area (Å²) in [7, 11) is 0. The van der Waals surface area contributed by atoms with Crippen molar-refractivity contribution in [2.45, 2.75) is 31.2 Å². The molecule has 0 saturated carbocycles. The maximum Gasteiger partial charge on any atom is 0.256 e. The van der Waals surface area contributed by atoms with Crippen molar-refractivity contribution in [1.29, 1.82) is 0 Å². The van der Waals surface area contributed by atoms with Gasteiger partial charge in [0.2, 0.25) is 0 Å². The number of nitrogens with zero attached hydrogens (tertiary/aromatic N) is 1. The van der Waals surface area contributed by atoms with Crippen molar-refractivity contribution >= 4 is 17.0 Å². The topological polar surface area (TPSA) is 58.3 Å². The average molecular weight is 415 g/mol. The predicted molar refractivity (Wildman–Crippen MR) is 107 cm³/mol. The van der Waals surface area contributed by atoms with Gasteiger partial charge in [-0.05, 0) is 29.1 Å². The average Bonchev–Trinajstić information content (AvgIpc) is 3.06. The lowest BCUT2D eigenvalue weighted by Crippen LogP contribution is -2.29. The zero-order valence-corrected chi connectivity index (χ0v) is 16.2. The number of benzene rings is 2. The minimum atomic E-state index is 0. The SMILES string of the molecule is Br.Oc1noc2c1C(NCC(c1ccccc1)c1ccccc1)CCC2. The number of aromatic nitrogens is 1. The Balaban J connectivity index is 0.00000196. The van der Waals surface area contributed by atoms with Crippen LogP contribution in [-0.2, 0) is 6.42 Å². The summed E-state index contributed by atoms with van der Waals surface area (Å²) in [6.45, 7) is 0.794. The molecule has 0 bridgehead atoms. The number of fused-ring (bicyclic) bond motifs is 1. The molecule has 1 unspecified atom stereocenters. The van der Waals surface area contributed by atoms with Gasteiger partial charge in [0.1, 0.15) is 5.76 Å². The van der Waals surface area contributed by atoms with Crippen molar-refractivity contribution in [1.82, 2.24) is 10.5 Å². The molecule has 0 radical (unpaired) electrons. The van der Waals surface area contributed by atoms with Crippen LogP contribution < -0.4 is 5.32 Å². The molecular weight excluding hydrogens is 392 g/mol. The van der Waals surface area contributed by atoms with Gasteiger partial charge in [0.15, 0.2) is 0 Å². The van der Waals surface area contributed by atoms with Crippen LogP contribution in [0, 0.1) is 0 Å². The van der Waals surface area contributed by atoms with Gasteiger partial charge in [0.25, 0.3) is 5.88 Å². The summed E-state index contributed by atoms with van der Waals surface area (Å²) in [5.41, 5.74) is 3.41. The highest BCUT2D eigenvalue weighted by atomic mass is 79.9. The van der Waals surface area contributed by atoms with Crippen LogP contribution >= 0.6 is 17.0 Å². The molecular formula is C21H23BrN2O2. The summed E-state index contributed by atoms with van der Waals surface area (Å²) < 4.78 is 5.25. The smallest absolute Gasteiger partial charge is 0.256 e. The van der Waals surface area contributed by atoms with Crippen LogP contribution in [0.5, 0.6) is 5.88 Å². The minimum Gasteiger partial charge on any atom is -0.491 e. The molecule has 2 aromatic carbocycles. The lowest BCUT2D eigenvalue weighted by atomic mass is 9.89. The summed E-state index contributed by atoms with van der Waals surface area (Å²) in [6, 6.07) is 21.2. The maximum absolute atomic E-state index is 10.0. The molecule has 0 fully saturated rings. The molecule has 3 aromatic rings. The number of hydrogen-bond acceptors (Lipinski definition) is 4. The van der Waals surface area contributed by atoms with E-state index in [2.05, 4.69) is 59.0 Å². The summed E-state index contributed by atoms with van der Waals surface area (Å²) in [5.74, 6) is 1.11. The van der Waals surface area contributed by atoms with Crippen molar-refractivity contribution < 1.29 is 9.63 Å². The molecule has 5 heteroatoms. The fraction of sp³-hybridized carbons (Fsp3) is 0.286. The normalized spacial score (nSPS) is 16.1. The summed E-state index contributed by atoms with van der Waals surface area (Å²) in [5, 5.41) is 17.4. The van der Waals surface area contributed by atoms with Gasteiger partial charge < -0.3 is 14.9 Å². The molecule has 0 spiro atoms. The van der Waals surface area contributed by atoms with Gasteiger partial charge in [0, 0.05) is 24.9 Å². The Labute approximate surface area is 164 Å². The van der Waals surface area contributed by atoms with Crippen LogP contribution in [0.1, 0.15) is 47.3 Å². The molecule has 1 aromatic heterocycles. The third-order valence-corrected chi connectivity index (χ3v) is 5.00. The summed E-state index contributed by atoms with van der Waals surface area (Å²) >= 11 is 0. The monoisotopic (exact) mass is 414 g/mol. The molecule has 0 amide bonds. The van der Waals surface area contributed by atoms with E-state index in [1.165, 1.54) is 11.1 Å². The largest absolute Gasteiger partial charge is 0.491 e. The zero-order valence-electron chi connectivity index (χ0n) is 14.5. The van der Waals surface area contributed by atoms with Crippen LogP contribution in [0.3, 0.4) is 0 Å². The maximum atomic E-state index is 10.0. The second-order valence-corrected chi connectivity index (χ2v) is 6.57. The van der Waals surface area contributed by atoms with Crippen LogP contribution in [-0.4, -0.2) is 16.8 Å². The highest BCUT2D eigenvalue weighted by Crippen LogP contribution is 2.36. The van der Waals surface area contributed by atoms with E-state index in [1.54, 1.807) is 0 Å². The van der Waals surface area contributed by atoms with E-state index in [0.717, 1.165) is 37.1 Å². The van der Waals surface area contributed by atoms with Gasteiger partial charge in [-0.3, -0.25) is 0 Å². The first kappa shape index (κ1) is 18.7. The number of nitrogens with one attached hydrogen (secondary N) is 1. The fourth-order valence-electron chi connectivity index (χ4n) is 3.73. The fourth-order valence-corrected chi connectivity index (χ4v) is 3.73. The second kappa shape index (κ2) is 8.52. The molecule has 0 saturated heterocycles. The van der Waals surface area contributed by atoms with E-state index in [4.69, 9.17) is 4.52 Å². The van der Waals surface area contributed by atoms with E-state index in [9.17, 15) is 5.11 Å². The number of aryl methyl sites for hydroxylation is 1. The van der Waals surface area contributed by atoms with Crippen LogP contribution in [0.15, 0.2) is 65.2 Å². The van der Waals surface area contributed by atoms with Gasteiger partial charge in [-0.15, -0.1) is 17.0 Å². The van der Waals surface area contributed by atoms with Crippen molar-refractivity contribution in [2.75, 3.05) is 6.54 Å². The Kier molecular flexibility index (Phi) is 6.12. The molecule has 1 atom stereocenters. The third-order valence-electron chi connectivity index (χ3n) is 5.00. The molecule has 4 nitrogen and oxygen atoms in total.